The van der Waals surface area contributed by atoms with Crippen LogP contribution in [-0.4, -0.2) is 49.1 Å². The summed E-state index contributed by atoms with van der Waals surface area (Å²) in [4.78, 5) is 2.05. The van der Waals surface area contributed by atoms with Crippen molar-refractivity contribution in [3.8, 4) is 11.5 Å². The Morgan fingerprint density at radius 3 is 2.67 bits per heavy atom. The van der Waals surface area contributed by atoms with E-state index < -0.39 is 6.29 Å². The van der Waals surface area contributed by atoms with Gasteiger partial charge in [-0.3, -0.25) is 4.90 Å². The fraction of sp³-hybridized carbons (Fsp3) is 0.538. The van der Waals surface area contributed by atoms with Gasteiger partial charge >= 0.3 is 6.29 Å². The minimum Gasteiger partial charge on any atom is -0.395 e. The zero-order valence-corrected chi connectivity index (χ0v) is 12.0. The summed E-state index contributed by atoms with van der Waals surface area (Å²) in [7, 11) is 0. The van der Waals surface area contributed by atoms with Gasteiger partial charge in [-0.1, -0.05) is 12.1 Å². The molecule has 1 aromatic carbocycles. The molecule has 0 spiro atoms. The highest BCUT2D eigenvalue weighted by Gasteiger charge is 2.45. The first kappa shape index (κ1) is 16.2. The van der Waals surface area contributed by atoms with Crippen LogP contribution in [0.2, 0.25) is 0 Å². The molecule has 1 saturated heterocycles. The minimum atomic E-state index is -3.64. The Kier molecular flexibility index (Phi) is 4.88. The third kappa shape index (κ3) is 3.21. The first-order valence-electron chi connectivity index (χ1n) is 6.55. The molecule has 0 amide bonds. The van der Waals surface area contributed by atoms with Crippen molar-refractivity contribution in [2.75, 3.05) is 32.8 Å². The van der Waals surface area contributed by atoms with Crippen LogP contribution in [0.4, 0.5) is 8.78 Å². The molecule has 5 nitrogen and oxygen atoms in total. The van der Waals surface area contributed by atoms with Crippen LogP contribution in [0.3, 0.4) is 0 Å². The molecule has 3 rings (SSSR count). The third-order valence-corrected chi connectivity index (χ3v) is 3.58. The van der Waals surface area contributed by atoms with E-state index in [-0.39, 0.29) is 36.6 Å². The maximum Gasteiger partial charge on any atom is 0.586 e. The molecule has 1 atom stereocenters. The summed E-state index contributed by atoms with van der Waals surface area (Å²) >= 11 is 0. The van der Waals surface area contributed by atoms with Gasteiger partial charge < -0.3 is 19.9 Å². The molecule has 2 aliphatic rings. The largest absolute Gasteiger partial charge is 0.586 e. The number of aliphatic hydroxyl groups is 1. The standard InChI is InChI=1S/C13H16F2N2O3.ClH/c14-13(15)19-11-3-1-2-9(12(11)20-13)10(8-18)17-6-4-16-5-7-17;/h1-3,10,16,18H,4-8H2;1H/t10-;/m1./s1. The number of halogens is 3. The quantitative estimate of drug-likeness (QED) is 0.880. The molecule has 0 radical (unpaired) electrons. The summed E-state index contributed by atoms with van der Waals surface area (Å²) < 4.78 is 35.4. The van der Waals surface area contributed by atoms with Crippen molar-refractivity contribution in [1.29, 1.82) is 0 Å². The molecule has 1 fully saturated rings. The lowest BCUT2D eigenvalue weighted by atomic mass is 10.0. The van der Waals surface area contributed by atoms with Crippen LogP contribution >= 0.6 is 12.4 Å². The summed E-state index contributed by atoms with van der Waals surface area (Å²) in [5, 5.41) is 12.9. The SMILES string of the molecule is Cl.OC[C@H](c1cccc2c1OC(F)(F)O2)N1CCNCC1. The number of hydrogen-bond donors (Lipinski definition) is 2. The second kappa shape index (κ2) is 6.31. The van der Waals surface area contributed by atoms with Crippen molar-refractivity contribution >= 4 is 12.4 Å². The van der Waals surface area contributed by atoms with E-state index in [4.69, 9.17) is 0 Å². The van der Waals surface area contributed by atoms with Crippen LogP contribution < -0.4 is 14.8 Å². The van der Waals surface area contributed by atoms with E-state index in [1.807, 2.05) is 4.90 Å². The number of rotatable bonds is 3. The molecule has 1 aromatic rings. The molecular formula is C13H17ClF2N2O3. The molecule has 21 heavy (non-hydrogen) atoms. The predicted octanol–water partition coefficient (Wildman–Crippen LogP) is 1.37. The molecule has 8 heteroatoms. The highest BCUT2D eigenvalue weighted by Crippen LogP contribution is 2.45. The van der Waals surface area contributed by atoms with E-state index in [0.717, 1.165) is 26.2 Å². The van der Waals surface area contributed by atoms with Gasteiger partial charge in [0.2, 0.25) is 0 Å². The van der Waals surface area contributed by atoms with Crippen molar-refractivity contribution < 1.29 is 23.4 Å². The Balaban J connectivity index is 0.00000161. The lowest BCUT2D eigenvalue weighted by molar-refractivity contribution is -0.287. The van der Waals surface area contributed by atoms with Gasteiger partial charge in [-0.2, -0.15) is 0 Å². The van der Waals surface area contributed by atoms with E-state index >= 15 is 0 Å². The number of alkyl halides is 2. The number of nitrogens with zero attached hydrogens (tertiary/aromatic N) is 1. The van der Waals surface area contributed by atoms with Crippen LogP contribution in [0.25, 0.3) is 0 Å². The van der Waals surface area contributed by atoms with Gasteiger partial charge in [0.05, 0.1) is 12.6 Å². The van der Waals surface area contributed by atoms with E-state index in [2.05, 4.69) is 14.8 Å². The Labute approximate surface area is 127 Å². The molecule has 0 bridgehead atoms. The van der Waals surface area contributed by atoms with Crippen LogP contribution in [-0.2, 0) is 0 Å². The van der Waals surface area contributed by atoms with Gasteiger partial charge in [0, 0.05) is 31.7 Å². The third-order valence-electron chi connectivity index (χ3n) is 3.58. The summed E-state index contributed by atoms with van der Waals surface area (Å²) in [6.45, 7) is 2.93. The lowest BCUT2D eigenvalue weighted by Crippen LogP contribution is -2.46. The molecule has 0 unspecified atom stereocenters. The molecular weight excluding hydrogens is 306 g/mol. The zero-order chi connectivity index (χ0) is 14.2. The number of piperazine rings is 1. The van der Waals surface area contributed by atoms with Crippen LogP contribution in [0.5, 0.6) is 11.5 Å². The van der Waals surface area contributed by atoms with Crippen LogP contribution in [0, 0.1) is 0 Å². The van der Waals surface area contributed by atoms with Crippen LogP contribution in [0.15, 0.2) is 18.2 Å². The van der Waals surface area contributed by atoms with E-state index in [9.17, 15) is 13.9 Å². The zero-order valence-electron chi connectivity index (χ0n) is 11.2. The van der Waals surface area contributed by atoms with Crippen molar-refractivity contribution in [1.82, 2.24) is 10.2 Å². The maximum absolute atomic E-state index is 13.2. The first-order valence-corrected chi connectivity index (χ1v) is 6.55. The van der Waals surface area contributed by atoms with Gasteiger partial charge in [0.1, 0.15) is 0 Å². The Morgan fingerprint density at radius 2 is 2.00 bits per heavy atom. The number of nitrogens with one attached hydrogen (secondary N) is 1. The highest BCUT2D eigenvalue weighted by atomic mass is 35.5. The molecule has 118 valence electrons. The van der Waals surface area contributed by atoms with E-state index in [1.165, 1.54) is 6.07 Å². The van der Waals surface area contributed by atoms with Gasteiger partial charge in [0.15, 0.2) is 11.5 Å². The maximum atomic E-state index is 13.2. The average Bonchev–Trinajstić information content (AvgIpc) is 2.75. The van der Waals surface area contributed by atoms with E-state index in [1.54, 1.807) is 12.1 Å². The molecule has 0 saturated carbocycles. The Hall–Kier alpha value is -1.15. The van der Waals surface area contributed by atoms with Gasteiger partial charge in [-0.25, -0.2) is 0 Å². The summed E-state index contributed by atoms with van der Waals surface area (Å²) in [6.07, 6.45) is -3.64. The average molecular weight is 323 g/mol. The normalized spacial score (nSPS) is 21.7. The fourth-order valence-corrected chi connectivity index (χ4v) is 2.66. The van der Waals surface area contributed by atoms with Crippen molar-refractivity contribution in [3.05, 3.63) is 23.8 Å². The smallest absolute Gasteiger partial charge is 0.395 e. The first-order chi connectivity index (χ1) is 9.61. The second-order valence-electron chi connectivity index (χ2n) is 4.83. The number of fused-ring (bicyclic) bond motifs is 1. The molecule has 2 N–H and O–H groups in total. The Morgan fingerprint density at radius 1 is 1.29 bits per heavy atom. The summed E-state index contributed by atoms with van der Waals surface area (Å²) in [6, 6.07) is 4.38. The van der Waals surface area contributed by atoms with Crippen LogP contribution in [0.1, 0.15) is 11.6 Å². The Bertz CT molecular complexity index is 498. The van der Waals surface area contributed by atoms with Crippen molar-refractivity contribution in [2.24, 2.45) is 0 Å². The van der Waals surface area contributed by atoms with Crippen molar-refractivity contribution in [3.63, 3.8) is 0 Å². The highest BCUT2D eigenvalue weighted by molar-refractivity contribution is 5.85. The number of para-hydroxylation sites is 1. The van der Waals surface area contributed by atoms with Crippen molar-refractivity contribution in [2.45, 2.75) is 12.3 Å². The van der Waals surface area contributed by atoms with Gasteiger partial charge in [-0.15, -0.1) is 21.2 Å². The number of ether oxygens (including phenoxy) is 2. The molecule has 0 aliphatic carbocycles. The summed E-state index contributed by atoms with van der Waals surface area (Å²) in [5.41, 5.74) is 0.532. The minimum absolute atomic E-state index is 0. The monoisotopic (exact) mass is 322 g/mol. The molecule has 2 aliphatic heterocycles. The van der Waals surface area contributed by atoms with E-state index in [0.29, 0.717) is 5.56 Å². The van der Waals surface area contributed by atoms with Gasteiger partial charge in [-0.05, 0) is 6.07 Å². The predicted molar refractivity (Wildman–Crippen MR) is 74.2 cm³/mol. The summed E-state index contributed by atoms with van der Waals surface area (Å²) in [5.74, 6) is 0.0381. The molecule has 0 aromatic heterocycles. The topological polar surface area (TPSA) is 54.0 Å². The number of benzene rings is 1. The number of hydrogen-bond acceptors (Lipinski definition) is 5. The fourth-order valence-electron chi connectivity index (χ4n) is 2.66. The molecule has 2 heterocycles. The lowest BCUT2D eigenvalue weighted by Gasteiger charge is -2.34. The number of aliphatic hydroxyl groups excluding tert-OH is 1. The van der Waals surface area contributed by atoms with Gasteiger partial charge in [0.25, 0.3) is 0 Å². The second-order valence-corrected chi connectivity index (χ2v) is 4.83.